The van der Waals surface area contributed by atoms with Crippen LogP contribution in [0.1, 0.15) is 76.1 Å². The van der Waals surface area contributed by atoms with Crippen molar-refractivity contribution in [3.05, 3.63) is 27.4 Å². The number of unbranched alkanes of at least 4 members (excludes halogenated alkanes) is 3. The molecular weight excluding hydrogens is 350 g/mol. The van der Waals surface area contributed by atoms with Gasteiger partial charge in [-0.2, -0.15) is 0 Å². The number of hydrogen-bond acceptors (Lipinski definition) is 5. The summed E-state index contributed by atoms with van der Waals surface area (Å²) >= 11 is 1.40. The number of hydrogen-bond donors (Lipinski definition) is 1. The van der Waals surface area contributed by atoms with Gasteiger partial charge in [0.05, 0.1) is 5.39 Å². The first-order valence-electron chi connectivity index (χ1n) is 9.58. The summed E-state index contributed by atoms with van der Waals surface area (Å²) in [6, 6.07) is 1.74. The van der Waals surface area contributed by atoms with Crippen LogP contribution in [0.5, 0.6) is 5.75 Å². The van der Waals surface area contributed by atoms with Gasteiger partial charge in [-0.3, -0.25) is 9.36 Å². The Hall–Kier alpha value is -1.82. The van der Waals surface area contributed by atoms with Crippen molar-refractivity contribution in [3.8, 4) is 5.75 Å². The van der Waals surface area contributed by atoms with Crippen LogP contribution in [0.25, 0.3) is 10.2 Å². The fourth-order valence-corrected chi connectivity index (χ4v) is 3.96. The maximum atomic E-state index is 12.9. The molecule has 0 fully saturated rings. The maximum absolute atomic E-state index is 12.9. The smallest absolute Gasteiger partial charge is 0.347 e. The second-order valence-electron chi connectivity index (χ2n) is 6.60. The van der Waals surface area contributed by atoms with Gasteiger partial charge in [-0.15, -0.1) is 11.3 Å². The van der Waals surface area contributed by atoms with Crippen LogP contribution in [-0.2, 0) is 11.3 Å². The van der Waals surface area contributed by atoms with Crippen molar-refractivity contribution in [2.75, 3.05) is 0 Å². The number of carbonyl (C=O) groups is 1. The Morgan fingerprint density at radius 3 is 2.62 bits per heavy atom. The van der Waals surface area contributed by atoms with Crippen LogP contribution >= 0.6 is 11.3 Å². The van der Waals surface area contributed by atoms with Crippen molar-refractivity contribution < 1.29 is 14.6 Å². The van der Waals surface area contributed by atoms with Crippen LogP contribution in [0.2, 0.25) is 0 Å². The molecule has 2 heterocycles. The van der Waals surface area contributed by atoms with Gasteiger partial charge in [0.15, 0.2) is 5.56 Å². The second kappa shape index (κ2) is 9.76. The third-order valence-corrected chi connectivity index (χ3v) is 5.57. The summed E-state index contributed by atoms with van der Waals surface area (Å²) in [5.74, 6) is -0.971. The number of esters is 1. The normalized spacial score (nSPS) is 12.4. The molecule has 1 atom stereocenters. The first-order valence-corrected chi connectivity index (χ1v) is 10.5. The molecule has 0 aromatic carbocycles. The Bertz CT molecular complexity index is 793. The first kappa shape index (κ1) is 20.5. The Kier molecular flexibility index (Phi) is 7.69. The minimum absolute atomic E-state index is 0.227. The third-order valence-electron chi connectivity index (χ3n) is 4.64. The van der Waals surface area contributed by atoms with Crippen molar-refractivity contribution in [1.82, 2.24) is 4.57 Å². The van der Waals surface area contributed by atoms with Gasteiger partial charge in [0.1, 0.15) is 16.7 Å². The molecule has 0 spiro atoms. The molecule has 0 aliphatic rings. The lowest BCUT2D eigenvalue weighted by molar-refractivity contribution is 0.0261. The molecule has 2 aromatic heterocycles. The minimum Gasteiger partial charge on any atom is -0.506 e. The molecule has 0 aliphatic heterocycles. The van der Waals surface area contributed by atoms with Gasteiger partial charge in [0.2, 0.25) is 0 Å². The molecule has 0 saturated heterocycles. The van der Waals surface area contributed by atoms with Crippen molar-refractivity contribution in [1.29, 1.82) is 0 Å². The van der Waals surface area contributed by atoms with E-state index in [1.807, 2.05) is 19.2 Å². The van der Waals surface area contributed by atoms with E-state index in [4.69, 9.17) is 4.74 Å². The number of thiophene rings is 1. The van der Waals surface area contributed by atoms with E-state index in [9.17, 15) is 14.7 Å². The third kappa shape index (κ3) is 4.47. The maximum Gasteiger partial charge on any atom is 0.347 e. The second-order valence-corrected chi connectivity index (χ2v) is 7.50. The molecule has 26 heavy (non-hydrogen) atoms. The van der Waals surface area contributed by atoms with Crippen molar-refractivity contribution in [2.45, 2.75) is 78.4 Å². The predicted molar refractivity (Wildman–Crippen MR) is 106 cm³/mol. The quantitative estimate of drug-likeness (QED) is 0.461. The first-order chi connectivity index (χ1) is 12.5. The Morgan fingerprint density at radius 2 is 1.96 bits per heavy atom. The lowest BCUT2D eigenvalue weighted by Gasteiger charge is -2.17. The molecule has 0 amide bonds. The average molecular weight is 380 g/mol. The zero-order valence-corrected chi connectivity index (χ0v) is 16.7. The highest BCUT2D eigenvalue weighted by Gasteiger charge is 2.25. The molecule has 0 aliphatic carbocycles. The van der Waals surface area contributed by atoms with Crippen molar-refractivity contribution >= 4 is 27.5 Å². The van der Waals surface area contributed by atoms with E-state index in [0.29, 0.717) is 23.2 Å². The fraction of sp³-hybridized carbons (Fsp3) is 0.600. The largest absolute Gasteiger partial charge is 0.506 e. The molecule has 1 N–H and O–H groups in total. The van der Waals surface area contributed by atoms with Gasteiger partial charge in [-0.25, -0.2) is 4.79 Å². The molecule has 0 saturated carbocycles. The highest BCUT2D eigenvalue weighted by Crippen LogP contribution is 2.31. The van der Waals surface area contributed by atoms with Gasteiger partial charge < -0.3 is 9.84 Å². The minimum atomic E-state index is -0.714. The molecule has 1 unspecified atom stereocenters. The molecule has 2 aromatic rings. The topological polar surface area (TPSA) is 68.5 Å². The van der Waals surface area contributed by atoms with Crippen LogP contribution in [0.4, 0.5) is 0 Å². The number of rotatable bonds is 10. The summed E-state index contributed by atoms with van der Waals surface area (Å²) in [4.78, 5) is 26.3. The van der Waals surface area contributed by atoms with E-state index in [1.54, 1.807) is 10.6 Å². The summed E-state index contributed by atoms with van der Waals surface area (Å²) in [5.41, 5.74) is -0.694. The molecule has 0 radical (unpaired) electrons. The Morgan fingerprint density at radius 1 is 1.23 bits per heavy atom. The highest BCUT2D eigenvalue weighted by molar-refractivity contribution is 7.16. The summed E-state index contributed by atoms with van der Waals surface area (Å²) in [7, 11) is 0. The van der Waals surface area contributed by atoms with E-state index < -0.39 is 11.5 Å². The number of ether oxygens (including phenoxy) is 1. The zero-order chi connectivity index (χ0) is 19.1. The van der Waals surface area contributed by atoms with Gasteiger partial charge >= 0.3 is 5.97 Å². The van der Waals surface area contributed by atoms with E-state index in [-0.39, 0.29) is 17.4 Å². The molecular formula is C20H29NO4S. The van der Waals surface area contributed by atoms with E-state index in [1.165, 1.54) is 11.3 Å². The zero-order valence-electron chi connectivity index (χ0n) is 15.9. The van der Waals surface area contributed by atoms with Crippen LogP contribution in [0, 0.1) is 0 Å². The summed E-state index contributed by atoms with van der Waals surface area (Å²) in [5, 5.41) is 12.9. The van der Waals surface area contributed by atoms with E-state index in [0.717, 1.165) is 38.5 Å². The number of fused-ring (bicyclic) bond motifs is 1. The average Bonchev–Trinajstić information content (AvgIpc) is 3.11. The van der Waals surface area contributed by atoms with E-state index in [2.05, 4.69) is 6.92 Å². The predicted octanol–water partition coefficient (Wildman–Crippen LogP) is 5.08. The number of aryl methyl sites for hydroxylation is 1. The molecule has 144 valence electrons. The van der Waals surface area contributed by atoms with Gasteiger partial charge in [-0.05, 0) is 37.1 Å². The van der Waals surface area contributed by atoms with Crippen molar-refractivity contribution in [2.24, 2.45) is 0 Å². The van der Waals surface area contributed by atoms with Crippen LogP contribution in [-0.4, -0.2) is 21.7 Å². The van der Waals surface area contributed by atoms with Crippen LogP contribution in [0.15, 0.2) is 16.2 Å². The lowest BCUT2D eigenvalue weighted by Crippen LogP contribution is -2.29. The summed E-state index contributed by atoms with van der Waals surface area (Å²) in [6.07, 6.45) is 6.19. The van der Waals surface area contributed by atoms with Gasteiger partial charge in [-0.1, -0.05) is 40.0 Å². The Balaban J connectivity index is 2.35. The number of carbonyl (C=O) groups excluding carboxylic acids is 1. The van der Waals surface area contributed by atoms with Crippen LogP contribution < -0.4 is 5.56 Å². The standard InChI is InChI=1S/C20H29NO4S/c1-4-7-9-10-14(6-3)25-20(24)16-17(22)15-11-13-26-19(15)21(18(16)23)12-8-5-2/h11,13-14,22H,4-10,12H2,1-3H3. The summed E-state index contributed by atoms with van der Waals surface area (Å²) in [6.45, 7) is 6.67. The highest BCUT2D eigenvalue weighted by atomic mass is 32.1. The monoisotopic (exact) mass is 379 g/mol. The van der Waals surface area contributed by atoms with Crippen LogP contribution in [0.3, 0.4) is 0 Å². The van der Waals surface area contributed by atoms with Gasteiger partial charge in [0, 0.05) is 6.54 Å². The summed E-state index contributed by atoms with van der Waals surface area (Å²) < 4.78 is 7.17. The number of nitrogens with zero attached hydrogens (tertiary/aromatic N) is 1. The number of aromatic nitrogens is 1. The molecule has 6 heteroatoms. The molecule has 5 nitrogen and oxygen atoms in total. The Labute approximate surface area is 158 Å². The van der Waals surface area contributed by atoms with Crippen molar-refractivity contribution in [3.63, 3.8) is 0 Å². The van der Waals surface area contributed by atoms with E-state index >= 15 is 0 Å². The lowest BCUT2D eigenvalue weighted by atomic mass is 10.1. The molecule has 2 rings (SSSR count). The number of pyridine rings is 1. The molecule has 0 bridgehead atoms. The van der Waals surface area contributed by atoms with Gasteiger partial charge in [0.25, 0.3) is 5.56 Å². The fourth-order valence-electron chi connectivity index (χ4n) is 3.04. The number of aromatic hydroxyl groups is 1. The SMILES string of the molecule is CCCCCC(CC)OC(=O)c1c(O)c2ccsc2n(CCCC)c1=O.